The van der Waals surface area contributed by atoms with Crippen molar-refractivity contribution in [1.82, 2.24) is 4.57 Å². The Labute approximate surface area is 275 Å². The molecule has 2 aliphatic heterocycles. The van der Waals surface area contributed by atoms with Crippen LogP contribution in [0.2, 0.25) is 5.02 Å². The topological polar surface area (TPSA) is 88.5 Å². The molecule has 0 aliphatic carbocycles. The highest BCUT2D eigenvalue weighted by Gasteiger charge is 2.56. The number of benzene rings is 3. The fourth-order valence-corrected chi connectivity index (χ4v) is 8.67. The minimum Gasteiger partial charge on any atom is -0.325 e. The predicted octanol–water partition coefficient (Wildman–Crippen LogP) is 7.31. The number of fused-ring (bicyclic) bond motifs is 2. The van der Waals surface area contributed by atoms with Gasteiger partial charge in [0.2, 0.25) is 17.7 Å². The molecule has 2 aliphatic rings. The molecule has 0 saturated carbocycles. The molecule has 0 spiro atoms. The van der Waals surface area contributed by atoms with Gasteiger partial charge in [0, 0.05) is 21.5 Å². The first-order valence-electron chi connectivity index (χ1n) is 14.2. The van der Waals surface area contributed by atoms with Crippen molar-refractivity contribution in [2.24, 2.45) is 5.92 Å². The number of nitrogens with one attached hydrogen (secondary N) is 1. The molecule has 1 saturated heterocycles. The average molecular weight is 686 g/mol. The van der Waals surface area contributed by atoms with Crippen LogP contribution in [-0.2, 0) is 32.5 Å². The molecule has 4 aromatic rings. The van der Waals surface area contributed by atoms with Crippen LogP contribution < -0.4 is 15.1 Å². The molecular formula is C33H27ClF3N3O4S2. The number of nitrogens with zero attached hydrogens (tertiary/aromatic N) is 2. The minimum atomic E-state index is -4.59. The summed E-state index contributed by atoms with van der Waals surface area (Å²) >= 11 is 8.00. The highest BCUT2D eigenvalue weighted by Crippen LogP contribution is 2.54. The molecule has 46 heavy (non-hydrogen) atoms. The zero-order valence-electron chi connectivity index (χ0n) is 24.7. The lowest BCUT2D eigenvalue weighted by Crippen LogP contribution is -2.33. The van der Waals surface area contributed by atoms with Gasteiger partial charge in [0.25, 0.3) is 0 Å². The molecule has 238 valence electrons. The van der Waals surface area contributed by atoms with E-state index in [1.807, 2.05) is 24.3 Å². The molecule has 7 nitrogen and oxygen atoms in total. The Morgan fingerprint density at radius 1 is 0.913 bits per heavy atom. The monoisotopic (exact) mass is 685 g/mol. The largest absolute Gasteiger partial charge is 0.416 e. The number of rotatable bonds is 5. The van der Waals surface area contributed by atoms with Gasteiger partial charge in [-0.1, -0.05) is 85.8 Å². The fourth-order valence-electron chi connectivity index (χ4n) is 5.77. The van der Waals surface area contributed by atoms with E-state index >= 15 is 0 Å². The number of alkyl halides is 3. The normalized spacial score (nSPS) is 19.6. The summed E-state index contributed by atoms with van der Waals surface area (Å²) in [5.41, 5.74) is 1.04. The van der Waals surface area contributed by atoms with E-state index in [2.05, 4.69) is 26.1 Å². The van der Waals surface area contributed by atoms with Crippen molar-refractivity contribution in [3.63, 3.8) is 0 Å². The van der Waals surface area contributed by atoms with Gasteiger partial charge in [0.15, 0.2) is 0 Å². The molecule has 3 heterocycles. The quantitative estimate of drug-likeness (QED) is 0.223. The minimum absolute atomic E-state index is 0.0725. The van der Waals surface area contributed by atoms with Crippen molar-refractivity contribution in [2.45, 2.75) is 55.1 Å². The molecule has 0 bridgehead atoms. The van der Waals surface area contributed by atoms with Crippen molar-refractivity contribution in [2.75, 3.05) is 10.2 Å². The first kappa shape index (κ1) is 32.1. The summed E-state index contributed by atoms with van der Waals surface area (Å²) in [6.07, 6.45) is -4.59. The standard InChI is InChI=1S/C33H27ClF3N3O4S2/c1-32(2,3)18-9-7-17(8-10-18)24-25-26(29(43)40(28(25)42)22-13-11-20(34)12-14-22)45-30-27(24)46-31(44)39(30)16-23(41)38-21-6-4-5-19(15-21)33(35,36)37/h4-15,24-26H,16H2,1-3H3,(H,38,41)/t24-,25+,26-/m0/s1. The Balaban J connectivity index is 1.39. The maximum Gasteiger partial charge on any atom is 0.416 e. The smallest absolute Gasteiger partial charge is 0.325 e. The first-order valence-corrected chi connectivity index (χ1v) is 16.3. The molecule has 13 heteroatoms. The molecule has 3 amide bonds. The Morgan fingerprint density at radius 2 is 1.59 bits per heavy atom. The first-order chi connectivity index (χ1) is 21.6. The third-order valence-electron chi connectivity index (χ3n) is 8.05. The molecule has 1 aromatic heterocycles. The number of aromatic nitrogens is 1. The van der Waals surface area contributed by atoms with E-state index in [1.54, 1.807) is 24.3 Å². The van der Waals surface area contributed by atoms with Gasteiger partial charge in [-0.2, -0.15) is 13.2 Å². The van der Waals surface area contributed by atoms with E-state index in [4.69, 9.17) is 11.6 Å². The molecule has 0 unspecified atom stereocenters. The van der Waals surface area contributed by atoms with Crippen LogP contribution in [0, 0.1) is 5.92 Å². The maximum absolute atomic E-state index is 14.1. The maximum atomic E-state index is 14.1. The van der Waals surface area contributed by atoms with E-state index in [0.29, 0.717) is 20.6 Å². The number of carbonyl (C=O) groups excluding carboxylic acids is 3. The third kappa shape index (κ3) is 5.89. The summed E-state index contributed by atoms with van der Waals surface area (Å²) in [6, 6.07) is 18.3. The number of halogens is 4. The summed E-state index contributed by atoms with van der Waals surface area (Å²) in [6.45, 7) is 5.73. The zero-order chi connectivity index (χ0) is 33.1. The van der Waals surface area contributed by atoms with Gasteiger partial charge in [-0.25, -0.2) is 4.90 Å². The lowest BCUT2D eigenvalue weighted by atomic mass is 9.81. The van der Waals surface area contributed by atoms with E-state index in [0.717, 1.165) is 51.3 Å². The third-order valence-corrected chi connectivity index (χ3v) is 10.9. The van der Waals surface area contributed by atoms with Crippen molar-refractivity contribution in [3.05, 3.63) is 109 Å². The Morgan fingerprint density at radius 3 is 2.22 bits per heavy atom. The molecule has 6 rings (SSSR count). The average Bonchev–Trinajstić information content (AvgIpc) is 3.43. The number of carbonyl (C=O) groups is 3. The summed E-state index contributed by atoms with van der Waals surface area (Å²) in [4.78, 5) is 55.6. The second kappa shape index (κ2) is 11.7. The van der Waals surface area contributed by atoms with Crippen LogP contribution in [0.15, 0.2) is 82.6 Å². The second-order valence-electron chi connectivity index (χ2n) is 12.2. The van der Waals surface area contributed by atoms with Crippen molar-refractivity contribution in [3.8, 4) is 0 Å². The number of imide groups is 1. The van der Waals surface area contributed by atoms with Crippen LogP contribution in [0.1, 0.15) is 48.3 Å². The van der Waals surface area contributed by atoms with Crippen LogP contribution >= 0.6 is 34.7 Å². The van der Waals surface area contributed by atoms with Gasteiger partial charge in [-0.3, -0.25) is 23.7 Å². The number of anilines is 2. The van der Waals surface area contributed by atoms with Crippen molar-refractivity contribution < 1.29 is 27.6 Å². The van der Waals surface area contributed by atoms with Crippen molar-refractivity contribution in [1.29, 1.82) is 0 Å². The van der Waals surface area contributed by atoms with Gasteiger partial charge < -0.3 is 5.32 Å². The molecule has 3 atom stereocenters. The Kier molecular flexibility index (Phi) is 8.19. The summed E-state index contributed by atoms with van der Waals surface area (Å²) < 4.78 is 40.8. The van der Waals surface area contributed by atoms with Crippen LogP contribution in [0.4, 0.5) is 24.5 Å². The van der Waals surface area contributed by atoms with Crippen LogP contribution in [-0.4, -0.2) is 27.5 Å². The number of hydrogen-bond acceptors (Lipinski definition) is 6. The van der Waals surface area contributed by atoms with E-state index in [-0.39, 0.29) is 11.1 Å². The lowest BCUT2D eigenvalue weighted by Gasteiger charge is -2.31. The summed E-state index contributed by atoms with van der Waals surface area (Å²) in [5, 5.41) is 2.37. The highest BCUT2D eigenvalue weighted by molar-refractivity contribution is 8.00. The number of hydrogen-bond donors (Lipinski definition) is 1. The summed E-state index contributed by atoms with van der Waals surface area (Å²) in [7, 11) is 0. The summed E-state index contributed by atoms with van der Waals surface area (Å²) in [5.74, 6) is -3.06. The van der Waals surface area contributed by atoms with Gasteiger partial charge in [-0.05, 0) is 59.0 Å². The van der Waals surface area contributed by atoms with Crippen LogP contribution in [0.5, 0.6) is 0 Å². The van der Waals surface area contributed by atoms with E-state index in [9.17, 15) is 32.3 Å². The van der Waals surface area contributed by atoms with Crippen molar-refractivity contribution >= 4 is 63.8 Å². The number of amides is 3. The number of thioether (sulfide) groups is 1. The molecular weight excluding hydrogens is 659 g/mol. The van der Waals surface area contributed by atoms with E-state index in [1.165, 1.54) is 16.7 Å². The number of thiazole rings is 1. The SMILES string of the molecule is CC(C)(C)c1ccc([C@@H]2c3sc(=O)n(CC(=O)Nc4cccc(C(F)(F)F)c4)c3S[C@@H]3C(=O)N(c4ccc(Cl)cc4)C(=O)[C@H]23)cc1. The fraction of sp³-hybridized carbons (Fsp3) is 0.273. The van der Waals surface area contributed by atoms with Crippen LogP contribution in [0.25, 0.3) is 0 Å². The lowest BCUT2D eigenvalue weighted by molar-refractivity contribution is -0.137. The Bertz CT molecular complexity index is 1910. The highest BCUT2D eigenvalue weighted by atomic mass is 35.5. The Hall–Kier alpha value is -3.87. The molecule has 1 N–H and O–H groups in total. The van der Waals surface area contributed by atoms with E-state index < -0.39 is 58.0 Å². The van der Waals surface area contributed by atoms with Gasteiger partial charge >= 0.3 is 11.0 Å². The van der Waals surface area contributed by atoms with Gasteiger partial charge in [0.05, 0.1) is 22.2 Å². The second-order valence-corrected chi connectivity index (χ2v) is 14.7. The zero-order valence-corrected chi connectivity index (χ0v) is 27.1. The predicted molar refractivity (Wildman–Crippen MR) is 173 cm³/mol. The molecule has 3 aromatic carbocycles. The van der Waals surface area contributed by atoms with Gasteiger partial charge in [0.1, 0.15) is 11.8 Å². The molecule has 1 fully saturated rings. The molecule has 0 radical (unpaired) electrons. The van der Waals surface area contributed by atoms with Gasteiger partial charge in [-0.15, -0.1) is 0 Å². The van der Waals surface area contributed by atoms with Crippen LogP contribution in [0.3, 0.4) is 0 Å².